The Labute approximate surface area is 130 Å². The van der Waals surface area contributed by atoms with E-state index in [1.165, 1.54) is 18.4 Å². The molecule has 7 heteroatoms. The predicted molar refractivity (Wildman–Crippen MR) is 86.9 cm³/mol. The molecule has 0 saturated carbocycles. The third-order valence-corrected chi connectivity index (χ3v) is 4.05. The van der Waals surface area contributed by atoms with Crippen molar-refractivity contribution in [2.75, 3.05) is 30.4 Å². The second-order valence-electron chi connectivity index (χ2n) is 5.65. The van der Waals surface area contributed by atoms with E-state index in [0.29, 0.717) is 6.04 Å². The van der Waals surface area contributed by atoms with E-state index in [2.05, 4.69) is 30.6 Å². The molecular formula is C15H23N7. The Morgan fingerprint density at radius 3 is 3.05 bits per heavy atom. The predicted octanol–water partition coefficient (Wildman–Crippen LogP) is 1.01. The largest absolute Gasteiger partial charge is 0.373 e. The molecule has 22 heavy (non-hydrogen) atoms. The summed E-state index contributed by atoms with van der Waals surface area (Å²) < 4.78 is 1.83. The van der Waals surface area contributed by atoms with Crippen molar-refractivity contribution in [1.29, 1.82) is 0 Å². The average molecular weight is 301 g/mol. The molecule has 3 rings (SSSR count). The molecule has 118 valence electrons. The summed E-state index contributed by atoms with van der Waals surface area (Å²) in [6.45, 7) is 2.86. The van der Waals surface area contributed by atoms with Gasteiger partial charge in [0.05, 0.1) is 6.20 Å². The van der Waals surface area contributed by atoms with E-state index >= 15 is 0 Å². The van der Waals surface area contributed by atoms with Crippen molar-refractivity contribution in [3.8, 4) is 0 Å². The Morgan fingerprint density at radius 1 is 1.36 bits per heavy atom. The Bertz CT molecular complexity index is 609. The minimum absolute atomic E-state index is 0.483. The van der Waals surface area contributed by atoms with Crippen LogP contribution >= 0.6 is 0 Å². The van der Waals surface area contributed by atoms with Gasteiger partial charge in [-0.05, 0) is 12.8 Å². The van der Waals surface area contributed by atoms with Crippen LogP contribution in [0.2, 0.25) is 0 Å². The minimum Gasteiger partial charge on any atom is -0.373 e. The van der Waals surface area contributed by atoms with Crippen LogP contribution < -0.4 is 15.5 Å². The van der Waals surface area contributed by atoms with Crippen molar-refractivity contribution in [3.05, 3.63) is 30.4 Å². The zero-order valence-corrected chi connectivity index (χ0v) is 13.2. The molecule has 1 saturated heterocycles. The van der Waals surface area contributed by atoms with Crippen LogP contribution in [-0.2, 0) is 13.6 Å². The van der Waals surface area contributed by atoms with Gasteiger partial charge >= 0.3 is 0 Å². The van der Waals surface area contributed by atoms with Crippen molar-refractivity contribution in [2.45, 2.75) is 25.4 Å². The summed E-state index contributed by atoms with van der Waals surface area (Å²) in [5.74, 6) is 1.86. The summed E-state index contributed by atoms with van der Waals surface area (Å²) in [7, 11) is 3.82. The SMILES string of the molecule is CNc1cc(N2CCCC2CNCc2cnn(C)c2)ncn1. The molecule has 2 aromatic rings. The van der Waals surface area contributed by atoms with Gasteiger partial charge in [-0.1, -0.05) is 0 Å². The number of hydrogen-bond acceptors (Lipinski definition) is 6. The van der Waals surface area contributed by atoms with E-state index in [1.54, 1.807) is 6.33 Å². The van der Waals surface area contributed by atoms with E-state index in [0.717, 1.165) is 31.3 Å². The van der Waals surface area contributed by atoms with Crippen LogP contribution in [0.3, 0.4) is 0 Å². The molecular weight excluding hydrogens is 278 g/mol. The van der Waals surface area contributed by atoms with Gasteiger partial charge in [0, 0.05) is 57.6 Å². The van der Waals surface area contributed by atoms with E-state index in [1.807, 2.05) is 37.2 Å². The van der Waals surface area contributed by atoms with Gasteiger partial charge < -0.3 is 15.5 Å². The molecule has 0 bridgehead atoms. The van der Waals surface area contributed by atoms with Gasteiger partial charge in [0.15, 0.2) is 0 Å². The summed E-state index contributed by atoms with van der Waals surface area (Å²) in [6.07, 6.45) is 7.97. The lowest BCUT2D eigenvalue weighted by molar-refractivity contribution is 0.570. The first kappa shape index (κ1) is 14.8. The van der Waals surface area contributed by atoms with Crippen molar-refractivity contribution < 1.29 is 0 Å². The highest BCUT2D eigenvalue weighted by Gasteiger charge is 2.25. The second-order valence-corrected chi connectivity index (χ2v) is 5.65. The number of nitrogens with zero attached hydrogens (tertiary/aromatic N) is 5. The molecule has 2 aromatic heterocycles. The normalized spacial score (nSPS) is 17.9. The highest BCUT2D eigenvalue weighted by Crippen LogP contribution is 2.24. The fraction of sp³-hybridized carbons (Fsp3) is 0.533. The van der Waals surface area contributed by atoms with E-state index in [4.69, 9.17) is 0 Å². The molecule has 1 atom stereocenters. The van der Waals surface area contributed by atoms with Crippen LogP contribution in [0.1, 0.15) is 18.4 Å². The zero-order valence-electron chi connectivity index (χ0n) is 13.2. The van der Waals surface area contributed by atoms with Gasteiger partial charge in [-0.15, -0.1) is 0 Å². The lowest BCUT2D eigenvalue weighted by atomic mass is 10.2. The Balaban J connectivity index is 1.58. The van der Waals surface area contributed by atoms with Crippen LogP contribution in [0.15, 0.2) is 24.8 Å². The number of aryl methyl sites for hydroxylation is 1. The molecule has 7 nitrogen and oxygen atoms in total. The molecule has 2 N–H and O–H groups in total. The molecule has 0 radical (unpaired) electrons. The second kappa shape index (κ2) is 6.74. The van der Waals surface area contributed by atoms with Gasteiger partial charge in [-0.3, -0.25) is 4.68 Å². The summed E-state index contributed by atoms with van der Waals surface area (Å²) in [5.41, 5.74) is 1.21. The number of aromatic nitrogens is 4. The smallest absolute Gasteiger partial charge is 0.134 e. The van der Waals surface area contributed by atoms with Crippen molar-refractivity contribution in [1.82, 2.24) is 25.1 Å². The number of nitrogens with one attached hydrogen (secondary N) is 2. The van der Waals surface area contributed by atoms with Crippen LogP contribution in [0, 0.1) is 0 Å². The first-order chi connectivity index (χ1) is 10.8. The number of hydrogen-bond donors (Lipinski definition) is 2. The van der Waals surface area contributed by atoms with E-state index < -0.39 is 0 Å². The summed E-state index contributed by atoms with van der Waals surface area (Å²) in [6, 6.07) is 2.50. The molecule has 0 aliphatic carbocycles. The molecule has 1 aliphatic rings. The lowest BCUT2D eigenvalue weighted by Crippen LogP contribution is -2.38. The molecule has 1 aliphatic heterocycles. The van der Waals surface area contributed by atoms with Crippen LogP contribution in [0.5, 0.6) is 0 Å². The Morgan fingerprint density at radius 2 is 2.27 bits per heavy atom. The quantitative estimate of drug-likeness (QED) is 0.830. The fourth-order valence-corrected chi connectivity index (χ4v) is 2.94. The molecule has 3 heterocycles. The molecule has 0 amide bonds. The standard InChI is InChI=1S/C15H23N7/c1-16-14-6-15(19-11-18-14)22-5-3-4-13(22)9-17-7-12-8-20-21(2)10-12/h6,8,10-11,13,17H,3-5,7,9H2,1-2H3,(H,16,18,19). The maximum atomic E-state index is 4.42. The van der Waals surface area contributed by atoms with Crippen LogP contribution in [0.25, 0.3) is 0 Å². The maximum absolute atomic E-state index is 4.42. The lowest BCUT2D eigenvalue weighted by Gasteiger charge is -2.26. The van der Waals surface area contributed by atoms with Gasteiger partial charge in [-0.25, -0.2) is 9.97 Å². The third kappa shape index (κ3) is 3.36. The Kier molecular flexibility index (Phi) is 4.53. The minimum atomic E-state index is 0.483. The fourth-order valence-electron chi connectivity index (χ4n) is 2.94. The van der Waals surface area contributed by atoms with Crippen LogP contribution in [0.4, 0.5) is 11.6 Å². The topological polar surface area (TPSA) is 70.9 Å². The van der Waals surface area contributed by atoms with Crippen molar-refractivity contribution in [2.24, 2.45) is 7.05 Å². The molecule has 1 fully saturated rings. The number of anilines is 2. The van der Waals surface area contributed by atoms with Crippen molar-refractivity contribution >= 4 is 11.6 Å². The van der Waals surface area contributed by atoms with Crippen molar-refractivity contribution in [3.63, 3.8) is 0 Å². The molecule has 0 aromatic carbocycles. The summed E-state index contributed by atoms with van der Waals surface area (Å²) >= 11 is 0. The zero-order chi connectivity index (χ0) is 15.4. The Hall–Kier alpha value is -2.15. The summed E-state index contributed by atoms with van der Waals surface area (Å²) in [4.78, 5) is 11.0. The highest BCUT2D eigenvalue weighted by atomic mass is 15.3. The van der Waals surface area contributed by atoms with Gasteiger partial charge in [0.2, 0.25) is 0 Å². The van der Waals surface area contributed by atoms with E-state index in [-0.39, 0.29) is 0 Å². The van der Waals surface area contributed by atoms with E-state index in [9.17, 15) is 0 Å². The first-order valence-electron chi connectivity index (χ1n) is 7.71. The highest BCUT2D eigenvalue weighted by molar-refractivity contribution is 5.49. The third-order valence-electron chi connectivity index (χ3n) is 4.05. The van der Waals surface area contributed by atoms with Gasteiger partial charge in [0.25, 0.3) is 0 Å². The van der Waals surface area contributed by atoms with Crippen LogP contribution in [-0.4, -0.2) is 45.9 Å². The van der Waals surface area contributed by atoms with Gasteiger partial charge in [-0.2, -0.15) is 5.10 Å². The maximum Gasteiger partial charge on any atom is 0.134 e. The number of rotatable bonds is 6. The average Bonchev–Trinajstić information content (AvgIpc) is 3.16. The van der Waals surface area contributed by atoms with Gasteiger partial charge in [0.1, 0.15) is 18.0 Å². The molecule has 1 unspecified atom stereocenters. The monoisotopic (exact) mass is 301 g/mol. The first-order valence-corrected chi connectivity index (χ1v) is 7.71. The molecule has 0 spiro atoms. The summed E-state index contributed by atoms with van der Waals surface area (Å²) in [5, 5.41) is 10.8.